The van der Waals surface area contributed by atoms with Gasteiger partial charge in [-0.1, -0.05) is 103 Å². The number of pyridine rings is 5. The smallest absolute Gasteiger partial charge is 0.0972 e. The minimum absolute atomic E-state index is 0.924. The maximum Gasteiger partial charge on any atom is 0.0972 e. The highest BCUT2D eigenvalue weighted by molar-refractivity contribution is 6.03. The molecule has 250 valence electrons. The van der Waals surface area contributed by atoms with Crippen LogP contribution in [0, 0.1) is 0 Å². The molecule has 0 saturated carbocycles. The van der Waals surface area contributed by atoms with E-state index in [-0.39, 0.29) is 0 Å². The lowest BCUT2D eigenvalue weighted by Crippen LogP contribution is -1.90. The van der Waals surface area contributed by atoms with Gasteiger partial charge >= 0.3 is 0 Å². The number of hydrogen-bond acceptors (Lipinski definition) is 5. The summed E-state index contributed by atoms with van der Waals surface area (Å²) in [4.78, 5) is 24.5. The molecule has 5 nitrogen and oxygen atoms in total. The van der Waals surface area contributed by atoms with Gasteiger partial charge in [-0.15, -0.1) is 0 Å². The molecule has 5 aromatic heterocycles. The summed E-state index contributed by atoms with van der Waals surface area (Å²) in [7, 11) is 0. The van der Waals surface area contributed by atoms with Gasteiger partial charge in [0.2, 0.25) is 0 Å². The fourth-order valence-electron chi connectivity index (χ4n) is 7.67. The Balaban J connectivity index is 0.920. The minimum Gasteiger partial charge on any atom is -0.256 e. The van der Waals surface area contributed by atoms with Crippen molar-refractivity contribution in [3.05, 3.63) is 176 Å². The van der Waals surface area contributed by atoms with Crippen molar-refractivity contribution in [1.82, 2.24) is 24.9 Å². The van der Waals surface area contributed by atoms with E-state index in [0.29, 0.717) is 0 Å². The highest BCUT2D eigenvalue weighted by atomic mass is 14.8. The first-order chi connectivity index (χ1) is 26.7. The summed E-state index contributed by atoms with van der Waals surface area (Å²) in [6, 6.07) is 57.4. The molecule has 0 saturated heterocycles. The molecule has 0 fully saturated rings. The van der Waals surface area contributed by atoms with E-state index in [1.807, 2.05) is 42.7 Å². The first kappa shape index (κ1) is 30.3. The fraction of sp³-hybridized carbons (Fsp3) is 0. The van der Waals surface area contributed by atoms with Crippen LogP contribution in [0.15, 0.2) is 176 Å². The number of hydrogen-bond donors (Lipinski definition) is 0. The van der Waals surface area contributed by atoms with E-state index in [2.05, 4.69) is 143 Å². The highest BCUT2D eigenvalue weighted by Crippen LogP contribution is 2.33. The van der Waals surface area contributed by atoms with Crippen LogP contribution in [0.1, 0.15) is 0 Å². The predicted molar refractivity (Wildman–Crippen MR) is 222 cm³/mol. The van der Waals surface area contributed by atoms with Crippen molar-refractivity contribution < 1.29 is 0 Å². The average Bonchev–Trinajstić information content (AvgIpc) is 3.24. The lowest BCUT2D eigenvalue weighted by Gasteiger charge is -2.10. The molecule has 0 amide bonds. The van der Waals surface area contributed by atoms with Gasteiger partial charge in [0.1, 0.15) is 0 Å². The molecule has 0 bridgehead atoms. The molecule has 5 heterocycles. The second kappa shape index (κ2) is 12.1. The van der Waals surface area contributed by atoms with Crippen LogP contribution < -0.4 is 0 Å². The third-order valence-electron chi connectivity index (χ3n) is 10.5. The van der Waals surface area contributed by atoms with E-state index in [1.165, 1.54) is 0 Å². The maximum absolute atomic E-state index is 5.16. The number of rotatable bonds is 4. The molecule has 0 aliphatic heterocycles. The molecule has 5 heteroatoms. The number of fused-ring (bicyclic) bond motifs is 7. The minimum atomic E-state index is 0.924. The largest absolute Gasteiger partial charge is 0.256 e. The van der Waals surface area contributed by atoms with Crippen LogP contribution in [0.25, 0.3) is 110 Å². The standard InChI is InChI=1S/C49H29N5/c1-2-6-44-40(5-1)41(23-25-50-44)45-22-18-31-8-12-37(29-47(31)53-45)36-11-7-30-17-20-42(52-46(30)28-36)38-15-13-35-27-39(16-14-34(35)26-38)43-21-19-33-10-9-32-4-3-24-51-48(32)49(33)54-43/h1-29H. The molecular weight excluding hydrogens is 659 g/mol. The number of nitrogens with zero attached hydrogens (tertiary/aromatic N) is 5. The Bertz CT molecular complexity index is 3290. The molecule has 11 rings (SSSR count). The van der Waals surface area contributed by atoms with Crippen molar-refractivity contribution in [2.24, 2.45) is 0 Å². The average molecular weight is 688 g/mol. The van der Waals surface area contributed by atoms with Crippen molar-refractivity contribution in [1.29, 1.82) is 0 Å². The van der Waals surface area contributed by atoms with Crippen molar-refractivity contribution in [3.63, 3.8) is 0 Å². The van der Waals surface area contributed by atoms with Gasteiger partial charge in [-0.3, -0.25) is 9.97 Å². The third kappa shape index (κ3) is 5.13. The highest BCUT2D eigenvalue weighted by Gasteiger charge is 2.11. The quantitative estimate of drug-likeness (QED) is 0.172. The molecule has 0 spiro atoms. The molecule has 11 aromatic rings. The zero-order chi connectivity index (χ0) is 35.6. The van der Waals surface area contributed by atoms with E-state index in [9.17, 15) is 0 Å². The topological polar surface area (TPSA) is 64.5 Å². The molecule has 0 N–H and O–H groups in total. The van der Waals surface area contributed by atoms with E-state index in [4.69, 9.17) is 15.0 Å². The summed E-state index contributed by atoms with van der Waals surface area (Å²) >= 11 is 0. The maximum atomic E-state index is 5.16. The number of benzene rings is 6. The van der Waals surface area contributed by atoms with Gasteiger partial charge in [-0.2, -0.15) is 0 Å². The summed E-state index contributed by atoms with van der Waals surface area (Å²) in [5.74, 6) is 0. The van der Waals surface area contributed by atoms with Gasteiger partial charge < -0.3 is 0 Å². The number of aromatic nitrogens is 5. The van der Waals surface area contributed by atoms with Gasteiger partial charge in [-0.25, -0.2) is 15.0 Å². The lowest BCUT2D eigenvalue weighted by molar-refractivity contribution is 1.37. The summed E-state index contributed by atoms with van der Waals surface area (Å²) < 4.78 is 0. The van der Waals surface area contributed by atoms with Crippen molar-refractivity contribution >= 4 is 65.3 Å². The van der Waals surface area contributed by atoms with E-state index in [0.717, 1.165) is 110 Å². The molecular formula is C49H29N5. The third-order valence-corrected chi connectivity index (χ3v) is 10.5. The Morgan fingerprint density at radius 1 is 0.296 bits per heavy atom. The first-order valence-corrected chi connectivity index (χ1v) is 18.1. The van der Waals surface area contributed by atoms with Crippen molar-refractivity contribution in [2.45, 2.75) is 0 Å². The Kier molecular flexibility index (Phi) is 6.79. The summed E-state index contributed by atoms with van der Waals surface area (Å²) in [5.41, 5.74) is 13.0. The van der Waals surface area contributed by atoms with Crippen LogP contribution in [0.3, 0.4) is 0 Å². The van der Waals surface area contributed by atoms with Crippen LogP contribution in [0.2, 0.25) is 0 Å². The van der Waals surface area contributed by atoms with Crippen LogP contribution in [-0.2, 0) is 0 Å². The second-order valence-electron chi connectivity index (χ2n) is 13.8. The summed E-state index contributed by atoms with van der Waals surface area (Å²) in [5, 5.41) is 7.79. The summed E-state index contributed by atoms with van der Waals surface area (Å²) in [6.45, 7) is 0. The van der Waals surface area contributed by atoms with Crippen molar-refractivity contribution in [3.8, 4) is 44.9 Å². The predicted octanol–water partition coefficient (Wildman–Crippen LogP) is 12.2. The zero-order valence-electron chi connectivity index (χ0n) is 29.0. The molecule has 0 unspecified atom stereocenters. The molecule has 0 aliphatic carbocycles. The van der Waals surface area contributed by atoms with Crippen molar-refractivity contribution in [2.75, 3.05) is 0 Å². The Morgan fingerprint density at radius 2 is 0.852 bits per heavy atom. The Morgan fingerprint density at radius 3 is 1.59 bits per heavy atom. The van der Waals surface area contributed by atoms with Gasteiger partial charge in [0.05, 0.1) is 44.7 Å². The number of para-hydroxylation sites is 1. The van der Waals surface area contributed by atoms with E-state index < -0.39 is 0 Å². The molecule has 0 aliphatic rings. The first-order valence-electron chi connectivity index (χ1n) is 18.1. The summed E-state index contributed by atoms with van der Waals surface area (Å²) in [6.07, 6.45) is 3.69. The normalized spacial score (nSPS) is 11.7. The Hall–Kier alpha value is -7.37. The molecule has 54 heavy (non-hydrogen) atoms. The van der Waals surface area contributed by atoms with E-state index >= 15 is 0 Å². The van der Waals surface area contributed by atoms with Gasteiger partial charge in [0, 0.05) is 56.0 Å². The zero-order valence-corrected chi connectivity index (χ0v) is 29.0. The molecule has 0 atom stereocenters. The van der Waals surface area contributed by atoms with Crippen LogP contribution in [0.4, 0.5) is 0 Å². The van der Waals surface area contributed by atoms with Crippen LogP contribution in [0.5, 0.6) is 0 Å². The van der Waals surface area contributed by atoms with Gasteiger partial charge in [0.15, 0.2) is 0 Å². The second-order valence-corrected chi connectivity index (χ2v) is 13.8. The monoisotopic (exact) mass is 687 g/mol. The SMILES string of the molecule is c1cnc2c(c1)ccc1ccc(-c3ccc4cc(-c5ccc6ccc(-c7ccc8ccc(-c9ccnc%10ccccc9%10)nc8c7)cc6n5)ccc4c3)nc12. The Labute approximate surface area is 310 Å². The van der Waals surface area contributed by atoms with Gasteiger partial charge in [-0.05, 0) is 82.6 Å². The molecule has 6 aromatic carbocycles. The molecule has 0 radical (unpaired) electrons. The van der Waals surface area contributed by atoms with Crippen LogP contribution in [-0.4, -0.2) is 24.9 Å². The van der Waals surface area contributed by atoms with Crippen LogP contribution >= 0.6 is 0 Å². The lowest BCUT2D eigenvalue weighted by atomic mass is 9.99. The van der Waals surface area contributed by atoms with Gasteiger partial charge in [0.25, 0.3) is 0 Å². The fourth-order valence-corrected chi connectivity index (χ4v) is 7.67. The van der Waals surface area contributed by atoms with E-state index in [1.54, 1.807) is 0 Å².